The van der Waals surface area contributed by atoms with Crippen molar-refractivity contribution in [2.75, 3.05) is 12.8 Å². The largest absolute Gasteiger partial charge is 0.352 e. The van der Waals surface area contributed by atoms with Crippen LogP contribution in [0.5, 0.6) is 0 Å². The Morgan fingerprint density at radius 2 is 2.12 bits per heavy atom. The predicted molar refractivity (Wildman–Crippen MR) is 73.2 cm³/mol. The van der Waals surface area contributed by atoms with Crippen LogP contribution in [0.25, 0.3) is 0 Å². The van der Waals surface area contributed by atoms with Crippen LogP contribution in [-0.4, -0.2) is 30.0 Å². The molecule has 5 heteroatoms. The number of nitrogens with one attached hydrogen (secondary N) is 1. The van der Waals surface area contributed by atoms with Crippen LogP contribution in [0.15, 0.2) is 0 Å². The fourth-order valence-electron chi connectivity index (χ4n) is 2.09. The number of nitrogens with two attached hydrogens (primary N) is 1. The van der Waals surface area contributed by atoms with E-state index in [0.29, 0.717) is 18.5 Å². The highest BCUT2D eigenvalue weighted by Crippen LogP contribution is 2.23. The van der Waals surface area contributed by atoms with Crippen molar-refractivity contribution in [3.8, 4) is 0 Å². The number of carbonyl (C=O) groups is 1. The summed E-state index contributed by atoms with van der Waals surface area (Å²) in [6, 6.07) is 0.311. The average Bonchev–Trinajstić information content (AvgIpc) is 2.28. The third kappa shape index (κ3) is 4.52. The SMILES string of the molecule is CSC(C)C(=O)NC1CCCCC1CN.Cl. The molecule has 1 saturated carbocycles. The van der Waals surface area contributed by atoms with Crippen LogP contribution in [0.1, 0.15) is 32.6 Å². The Labute approximate surface area is 109 Å². The van der Waals surface area contributed by atoms with Gasteiger partial charge in [0.2, 0.25) is 5.91 Å². The zero-order valence-electron chi connectivity index (χ0n) is 10.1. The average molecular weight is 267 g/mol. The highest BCUT2D eigenvalue weighted by atomic mass is 35.5. The first-order chi connectivity index (χ1) is 7.19. The summed E-state index contributed by atoms with van der Waals surface area (Å²) in [7, 11) is 0. The molecule has 3 nitrogen and oxygen atoms in total. The van der Waals surface area contributed by atoms with Gasteiger partial charge >= 0.3 is 0 Å². The molecule has 1 fully saturated rings. The van der Waals surface area contributed by atoms with Gasteiger partial charge in [0.1, 0.15) is 0 Å². The molecule has 3 N–H and O–H groups in total. The molecular weight excluding hydrogens is 244 g/mol. The molecule has 0 aliphatic heterocycles. The first-order valence-electron chi connectivity index (χ1n) is 5.72. The number of hydrogen-bond donors (Lipinski definition) is 2. The molecule has 0 aromatic rings. The summed E-state index contributed by atoms with van der Waals surface area (Å²) in [6.07, 6.45) is 6.69. The van der Waals surface area contributed by atoms with Crippen molar-refractivity contribution in [3.63, 3.8) is 0 Å². The van der Waals surface area contributed by atoms with Crippen molar-refractivity contribution in [2.45, 2.75) is 43.9 Å². The van der Waals surface area contributed by atoms with Gasteiger partial charge in [0, 0.05) is 6.04 Å². The van der Waals surface area contributed by atoms with Gasteiger partial charge in [-0.1, -0.05) is 12.8 Å². The van der Waals surface area contributed by atoms with E-state index in [1.54, 1.807) is 11.8 Å². The van der Waals surface area contributed by atoms with E-state index in [-0.39, 0.29) is 23.6 Å². The highest BCUT2D eigenvalue weighted by molar-refractivity contribution is 7.99. The van der Waals surface area contributed by atoms with Crippen LogP contribution < -0.4 is 11.1 Å². The van der Waals surface area contributed by atoms with Gasteiger partial charge in [-0.2, -0.15) is 11.8 Å². The maximum Gasteiger partial charge on any atom is 0.233 e. The molecule has 96 valence electrons. The summed E-state index contributed by atoms with van der Waals surface area (Å²) in [5.41, 5.74) is 5.72. The van der Waals surface area contributed by atoms with Crippen molar-refractivity contribution >= 4 is 30.1 Å². The third-order valence-corrected chi connectivity index (χ3v) is 4.18. The van der Waals surface area contributed by atoms with Gasteiger partial charge in [-0.3, -0.25) is 4.79 Å². The smallest absolute Gasteiger partial charge is 0.233 e. The third-order valence-electron chi connectivity index (χ3n) is 3.26. The van der Waals surface area contributed by atoms with Gasteiger partial charge in [0.05, 0.1) is 5.25 Å². The molecule has 0 aromatic heterocycles. The number of hydrogen-bond acceptors (Lipinski definition) is 3. The van der Waals surface area contributed by atoms with Crippen LogP contribution in [0.3, 0.4) is 0 Å². The molecule has 0 bridgehead atoms. The Morgan fingerprint density at radius 3 is 2.69 bits per heavy atom. The Morgan fingerprint density at radius 1 is 1.50 bits per heavy atom. The fourth-order valence-corrected chi connectivity index (χ4v) is 2.37. The molecule has 16 heavy (non-hydrogen) atoms. The molecule has 1 amide bonds. The van der Waals surface area contributed by atoms with Gasteiger partial charge < -0.3 is 11.1 Å². The summed E-state index contributed by atoms with van der Waals surface area (Å²) in [5.74, 6) is 0.643. The van der Waals surface area contributed by atoms with E-state index < -0.39 is 0 Å². The normalized spacial score (nSPS) is 26.7. The zero-order chi connectivity index (χ0) is 11.3. The van der Waals surface area contributed by atoms with E-state index in [2.05, 4.69) is 5.32 Å². The summed E-state index contributed by atoms with van der Waals surface area (Å²) in [6.45, 7) is 2.64. The molecule has 1 aliphatic carbocycles. The Balaban J connectivity index is 0.00000225. The van der Waals surface area contributed by atoms with Gasteiger partial charge in [-0.05, 0) is 38.5 Å². The topological polar surface area (TPSA) is 55.1 Å². The van der Waals surface area contributed by atoms with Crippen molar-refractivity contribution < 1.29 is 4.79 Å². The molecule has 0 saturated heterocycles. The Kier molecular flexibility index (Phi) is 8.24. The molecule has 0 aromatic carbocycles. The molecule has 0 radical (unpaired) electrons. The number of thioether (sulfide) groups is 1. The zero-order valence-corrected chi connectivity index (χ0v) is 11.7. The van der Waals surface area contributed by atoms with Crippen molar-refractivity contribution in [1.29, 1.82) is 0 Å². The van der Waals surface area contributed by atoms with E-state index in [1.165, 1.54) is 12.8 Å². The minimum absolute atomic E-state index is 0. The fraction of sp³-hybridized carbons (Fsp3) is 0.909. The lowest BCUT2D eigenvalue weighted by Crippen LogP contribution is -2.47. The van der Waals surface area contributed by atoms with E-state index in [9.17, 15) is 4.79 Å². The monoisotopic (exact) mass is 266 g/mol. The van der Waals surface area contributed by atoms with E-state index >= 15 is 0 Å². The van der Waals surface area contributed by atoms with Crippen molar-refractivity contribution in [1.82, 2.24) is 5.32 Å². The lowest BCUT2D eigenvalue weighted by Gasteiger charge is -2.31. The number of halogens is 1. The summed E-state index contributed by atoms with van der Waals surface area (Å²) in [5, 5.41) is 3.18. The van der Waals surface area contributed by atoms with Crippen LogP contribution in [0, 0.1) is 5.92 Å². The second-order valence-electron chi connectivity index (χ2n) is 4.27. The van der Waals surface area contributed by atoms with Crippen LogP contribution in [0.2, 0.25) is 0 Å². The van der Waals surface area contributed by atoms with Gasteiger partial charge in [-0.15, -0.1) is 12.4 Å². The van der Waals surface area contributed by atoms with E-state index in [0.717, 1.165) is 12.8 Å². The Bertz CT molecular complexity index is 216. The van der Waals surface area contributed by atoms with Crippen molar-refractivity contribution in [3.05, 3.63) is 0 Å². The maximum absolute atomic E-state index is 11.7. The molecule has 1 aliphatic rings. The van der Waals surface area contributed by atoms with E-state index in [1.807, 2.05) is 13.2 Å². The molecule has 0 spiro atoms. The van der Waals surface area contributed by atoms with Gasteiger partial charge in [-0.25, -0.2) is 0 Å². The number of rotatable bonds is 4. The lowest BCUT2D eigenvalue weighted by molar-refractivity contribution is -0.121. The summed E-state index contributed by atoms with van der Waals surface area (Å²) in [4.78, 5) is 11.7. The second-order valence-corrected chi connectivity index (χ2v) is 5.45. The second kappa shape index (κ2) is 8.20. The maximum atomic E-state index is 11.7. The molecular formula is C11H23ClN2OS. The molecule has 0 heterocycles. The Hall–Kier alpha value is 0.0700. The highest BCUT2D eigenvalue weighted by Gasteiger charge is 2.26. The lowest BCUT2D eigenvalue weighted by atomic mass is 9.84. The standard InChI is InChI=1S/C11H22N2OS.ClH/c1-8(15-2)11(14)13-10-6-4-3-5-9(10)7-12;/h8-10H,3-7,12H2,1-2H3,(H,13,14);1H. The first-order valence-corrected chi connectivity index (χ1v) is 7.01. The summed E-state index contributed by atoms with van der Waals surface area (Å²) >= 11 is 1.59. The number of carbonyl (C=O) groups excluding carboxylic acids is 1. The molecule has 3 unspecified atom stereocenters. The first kappa shape index (κ1) is 16.1. The van der Waals surface area contributed by atoms with Gasteiger partial charge in [0.15, 0.2) is 0 Å². The molecule has 1 rings (SSSR count). The predicted octanol–water partition coefficient (Wildman–Crippen LogP) is 1.79. The summed E-state index contributed by atoms with van der Waals surface area (Å²) < 4.78 is 0. The molecule has 3 atom stereocenters. The van der Waals surface area contributed by atoms with Crippen LogP contribution in [0.4, 0.5) is 0 Å². The van der Waals surface area contributed by atoms with Crippen LogP contribution >= 0.6 is 24.2 Å². The van der Waals surface area contributed by atoms with Gasteiger partial charge in [0.25, 0.3) is 0 Å². The number of amides is 1. The van der Waals surface area contributed by atoms with E-state index in [4.69, 9.17) is 5.73 Å². The quantitative estimate of drug-likeness (QED) is 0.816. The van der Waals surface area contributed by atoms with Crippen LogP contribution in [-0.2, 0) is 4.79 Å². The van der Waals surface area contributed by atoms with Crippen molar-refractivity contribution in [2.24, 2.45) is 11.7 Å². The minimum Gasteiger partial charge on any atom is -0.352 e. The minimum atomic E-state index is 0.